The molecular formula is C24H23N3O. The van der Waals surface area contributed by atoms with Crippen LogP contribution in [0.1, 0.15) is 28.4 Å². The quantitative estimate of drug-likeness (QED) is 0.544. The van der Waals surface area contributed by atoms with Gasteiger partial charge in [-0.15, -0.1) is 0 Å². The van der Waals surface area contributed by atoms with Crippen LogP contribution in [0, 0.1) is 13.8 Å². The zero-order chi connectivity index (χ0) is 19.8. The Labute approximate surface area is 164 Å². The van der Waals surface area contributed by atoms with E-state index < -0.39 is 5.91 Å². The molecule has 4 aromatic rings. The molecule has 140 valence electrons. The maximum atomic E-state index is 11.6. The third-order valence-corrected chi connectivity index (χ3v) is 5.19. The Balaban J connectivity index is 1.97. The molecule has 0 fully saturated rings. The number of imidazole rings is 1. The summed E-state index contributed by atoms with van der Waals surface area (Å²) in [7, 11) is 0. The van der Waals surface area contributed by atoms with E-state index in [2.05, 4.69) is 61.7 Å². The van der Waals surface area contributed by atoms with Crippen molar-refractivity contribution in [1.29, 1.82) is 0 Å². The number of hydrogen-bond acceptors (Lipinski definition) is 2. The van der Waals surface area contributed by atoms with Crippen molar-refractivity contribution in [2.75, 3.05) is 0 Å². The minimum atomic E-state index is -0.440. The second-order valence-electron chi connectivity index (χ2n) is 7.11. The van der Waals surface area contributed by atoms with Crippen LogP contribution in [0.25, 0.3) is 33.5 Å². The Morgan fingerprint density at radius 3 is 2.39 bits per heavy atom. The van der Waals surface area contributed by atoms with Gasteiger partial charge in [-0.05, 0) is 55.7 Å². The number of hydrogen-bond donors (Lipinski definition) is 1. The number of carbonyl (C=O) groups is 1. The van der Waals surface area contributed by atoms with Gasteiger partial charge in [-0.2, -0.15) is 0 Å². The molecule has 2 N–H and O–H groups in total. The number of aryl methyl sites for hydroxylation is 3. The number of benzene rings is 3. The number of primary amides is 1. The number of fused-ring (bicyclic) bond motifs is 1. The monoisotopic (exact) mass is 369 g/mol. The van der Waals surface area contributed by atoms with E-state index in [4.69, 9.17) is 10.7 Å². The van der Waals surface area contributed by atoms with Crippen molar-refractivity contribution in [1.82, 2.24) is 9.55 Å². The van der Waals surface area contributed by atoms with Gasteiger partial charge in [-0.1, -0.05) is 48.0 Å². The predicted molar refractivity (Wildman–Crippen MR) is 114 cm³/mol. The minimum absolute atomic E-state index is 0.440. The van der Waals surface area contributed by atoms with Crippen LogP contribution in [0.4, 0.5) is 0 Å². The SMILES string of the molecule is CCn1c(-c2ccccc2-c2ccc(C)cc2C)nc2cc(C(N)=O)ccc21. The molecule has 0 aliphatic carbocycles. The fourth-order valence-electron chi connectivity index (χ4n) is 3.84. The first-order chi connectivity index (χ1) is 13.5. The Kier molecular flexibility index (Phi) is 4.47. The van der Waals surface area contributed by atoms with Gasteiger partial charge in [0.15, 0.2) is 0 Å². The molecule has 3 aromatic carbocycles. The second kappa shape index (κ2) is 6.97. The first kappa shape index (κ1) is 18.0. The van der Waals surface area contributed by atoms with E-state index in [-0.39, 0.29) is 0 Å². The normalized spacial score (nSPS) is 11.1. The van der Waals surface area contributed by atoms with Gasteiger partial charge in [0.1, 0.15) is 5.82 Å². The Morgan fingerprint density at radius 1 is 0.964 bits per heavy atom. The van der Waals surface area contributed by atoms with E-state index in [1.165, 1.54) is 16.7 Å². The largest absolute Gasteiger partial charge is 0.366 e. The maximum absolute atomic E-state index is 11.6. The molecule has 0 spiro atoms. The van der Waals surface area contributed by atoms with Crippen molar-refractivity contribution in [3.8, 4) is 22.5 Å². The van der Waals surface area contributed by atoms with Crippen LogP contribution in [-0.4, -0.2) is 15.5 Å². The van der Waals surface area contributed by atoms with Crippen molar-refractivity contribution in [2.24, 2.45) is 5.73 Å². The number of nitrogens with two attached hydrogens (primary N) is 1. The molecule has 0 radical (unpaired) electrons. The standard InChI is InChI=1S/C24H23N3O/c1-4-27-22-12-10-17(23(25)28)14-21(22)26-24(27)20-8-6-5-7-19(20)18-11-9-15(2)13-16(18)3/h5-14H,4H2,1-3H3,(H2,25,28). The maximum Gasteiger partial charge on any atom is 0.248 e. The topological polar surface area (TPSA) is 60.9 Å². The third-order valence-electron chi connectivity index (χ3n) is 5.19. The Hall–Kier alpha value is -3.40. The van der Waals surface area contributed by atoms with Gasteiger partial charge < -0.3 is 10.3 Å². The van der Waals surface area contributed by atoms with Gasteiger partial charge in [0.2, 0.25) is 5.91 Å². The molecule has 1 heterocycles. The highest BCUT2D eigenvalue weighted by molar-refractivity contribution is 5.97. The second-order valence-corrected chi connectivity index (χ2v) is 7.11. The molecule has 0 unspecified atom stereocenters. The molecule has 28 heavy (non-hydrogen) atoms. The molecule has 0 bridgehead atoms. The van der Waals surface area contributed by atoms with Crippen LogP contribution >= 0.6 is 0 Å². The first-order valence-corrected chi connectivity index (χ1v) is 9.46. The number of rotatable bonds is 4. The fourth-order valence-corrected chi connectivity index (χ4v) is 3.84. The van der Waals surface area contributed by atoms with Gasteiger partial charge in [0, 0.05) is 17.7 Å². The van der Waals surface area contributed by atoms with Gasteiger partial charge in [0.05, 0.1) is 11.0 Å². The molecule has 0 aliphatic heterocycles. The lowest BCUT2D eigenvalue weighted by Gasteiger charge is -2.14. The lowest BCUT2D eigenvalue weighted by molar-refractivity contribution is 0.100. The molecule has 0 saturated heterocycles. The summed E-state index contributed by atoms with van der Waals surface area (Å²) in [5.41, 5.74) is 13.6. The average molecular weight is 369 g/mol. The van der Waals surface area contributed by atoms with Crippen molar-refractivity contribution in [3.63, 3.8) is 0 Å². The van der Waals surface area contributed by atoms with Crippen LogP contribution in [0.3, 0.4) is 0 Å². The number of nitrogens with zero attached hydrogens (tertiary/aromatic N) is 2. The van der Waals surface area contributed by atoms with Crippen LogP contribution in [0.5, 0.6) is 0 Å². The highest BCUT2D eigenvalue weighted by Gasteiger charge is 2.17. The summed E-state index contributed by atoms with van der Waals surface area (Å²) < 4.78 is 2.18. The van der Waals surface area contributed by atoms with Crippen molar-refractivity contribution >= 4 is 16.9 Å². The van der Waals surface area contributed by atoms with E-state index >= 15 is 0 Å². The van der Waals surface area contributed by atoms with E-state index in [0.29, 0.717) is 5.56 Å². The van der Waals surface area contributed by atoms with Crippen molar-refractivity contribution in [3.05, 3.63) is 77.4 Å². The third kappa shape index (κ3) is 2.97. The van der Waals surface area contributed by atoms with Gasteiger partial charge in [-0.25, -0.2) is 4.98 Å². The first-order valence-electron chi connectivity index (χ1n) is 9.46. The zero-order valence-electron chi connectivity index (χ0n) is 16.4. The van der Waals surface area contributed by atoms with Gasteiger partial charge in [-0.3, -0.25) is 4.79 Å². The highest BCUT2D eigenvalue weighted by atomic mass is 16.1. The van der Waals surface area contributed by atoms with Crippen LogP contribution in [0.15, 0.2) is 60.7 Å². The Bertz CT molecular complexity index is 1200. The average Bonchev–Trinajstić information content (AvgIpc) is 3.05. The van der Waals surface area contributed by atoms with E-state index in [1.807, 2.05) is 12.1 Å². The summed E-state index contributed by atoms with van der Waals surface area (Å²) >= 11 is 0. The lowest BCUT2D eigenvalue weighted by Crippen LogP contribution is -2.10. The molecule has 0 atom stereocenters. The smallest absolute Gasteiger partial charge is 0.248 e. The molecule has 0 saturated carbocycles. The summed E-state index contributed by atoms with van der Waals surface area (Å²) in [5.74, 6) is 0.458. The molecular weight excluding hydrogens is 346 g/mol. The predicted octanol–water partition coefficient (Wildman–Crippen LogP) is 5.11. The van der Waals surface area contributed by atoms with Crippen LogP contribution < -0.4 is 5.73 Å². The molecule has 1 amide bonds. The van der Waals surface area contributed by atoms with E-state index in [0.717, 1.165) is 34.5 Å². The van der Waals surface area contributed by atoms with E-state index in [9.17, 15) is 4.79 Å². The fraction of sp³-hybridized carbons (Fsp3) is 0.167. The summed E-state index contributed by atoms with van der Waals surface area (Å²) in [6.07, 6.45) is 0. The van der Waals surface area contributed by atoms with Gasteiger partial charge in [0.25, 0.3) is 0 Å². The summed E-state index contributed by atoms with van der Waals surface area (Å²) in [6, 6.07) is 20.3. The number of amides is 1. The zero-order valence-corrected chi connectivity index (χ0v) is 16.4. The van der Waals surface area contributed by atoms with Crippen LogP contribution in [-0.2, 0) is 6.54 Å². The molecule has 4 rings (SSSR count). The van der Waals surface area contributed by atoms with Crippen molar-refractivity contribution < 1.29 is 4.79 Å². The molecule has 4 nitrogen and oxygen atoms in total. The van der Waals surface area contributed by atoms with Crippen LogP contribution in [0.2, 0.25) is 0 Å². The molecule has 0 aliphatic rings. The van der Waals surface area contributed by atoms with Crippen molar-refractivity contribution in [2.45, 2.75) is 27.3 Å². The highest BCUT2D eigenvalue weighted by Crippen LogP contribution is 2.35. The summed E-state index contributed by atoms with van der Waals surface area (Å²) in [4.78, 5) is 16.5. The number of carbonyl (C=O) groups excluding carboxylic acids is 1. The van der Waals surface area contributed by atoms with E-state index in [1.54, 1.807) is 12.1 Å². The molecule has 1 aromatic heterocycles. The van der Waals surface area contributed by atoms with Gasteiger partial charge >= 0.3 is 0 Å². The Morgan fingerprint density at radius 2 is 1.71 bits per heavy atom. The number of aromatic nitrogens is 2. The summed E-state index contributed by atoms with van der Waals surface area (Å²) in [5, 5.41) is 0. The lowest BCUT2D eigenvalue weighted by atomic mass is 9.94. The minimum Gasteiger partial charge on any atom is -0.366 e. The molecule has 4 heteroatoms. The summed E-state index contributed by atoms with van der Waals surface area (Å²) in [6.45, 7) is 7.13.